The number of carbonyl (C=O) groups is 1. The Kier molecular flexibility index (Phi) is 3.88. The van der Waals surface area contributed by atoms with Gasteiger partial charge in [-0.25, -0.2) is 0 Å². The molecule has 0 aliphatic carbocycles. The molecule has 0 saturated carbocycles. The van der Waals surface area contributed by atoms with Crippen molar-refractivity contribution in [1.82, 2.24) is 9.88 Å². The van der Waals surface area contributed by atoms with E-state index < -0.39 is 6.10 Å². The molecule has 1 amide bonds. The third-order valence-electron chi connectivity index (χ3n) is 4.24. The lowest BCUT2D eigenvalue weighted by atomic mass is 9.97. The second kappa shape index (κ2) is 5.82. The zero-order chi connectivity index (χ0) is 14.8. The van der Waals surface area contributed by atoms with Crippen molar-refractivity contribution in [3.63, 3.8) is 0 Å². The predicted octanol–water partition coefficient (Wildman–Crippen LogP) is 2.61. The number of aromatic nitrogens is 1. The molecule has 1 fully saturated rings. The molecule has 2 atom stereocenters. The number of amides is 1. The molecule has 2 heterocycles. The SMILES string of the molecule is CC(O)C1CCCCN1C(=O)c1nccc2ccccc12. The summed E-state index contributed by atoms with van der Waals surface area (Å²) in [5, 5.41) is 11.8. The zero-order valence-electron chi connectivity index (χ0n) is 12.2. The summed E-state index contributed by atoms with van der Waals surface area (Å²) in [4.78, 5) is 19.0. The van der Waals surface area contributed by atoms with Crippen LogP contribution in [0.1, 0.15) is 36.7 Å². The van der Waals surface area contributed by atoms with E-state index in [0.29, 0.717) is 12.2 Å². The van der Waals surface area contributed by atoms with Gasteiger partial charge in [0.15, 0.2) is 0 Å². The number of piperidine rings is 1. The Bertz CT molecular complexity index is 649. The molecule has 2 unspecified atom stereocenters. The summed E-state index contributed by atoms with van der Waals surface area (Å²) >= 11 is 0. The third kappa shape index (κ3) is 2.63. The minimum absolute atomic E-state index is 0.0719. The van der Waals surface area contributed by atoms with Gasteiger partial charge in [0.05, 0.1) is 12.1 Å². The quantitative estimate of drug-likeness (QED) is 0.922. The zero-order valence-corrected chi connectivity index (χ0v) is 12.2. The van der Waals surface area contributed by atoms with Crippen molar-refractivity contribution in [1.29, 1.82) is 0 Å². The summed E-state index contributed by atoms with van der Waals surface area (Å²) < 4.78 is 0. The topological polar surface area (TPSA) is 53.4 Å². The lowest BCUT2D eigenvalue weighted by molar-refractivity contribution is 0.0278. The van der Waals surface area contributed by atoms with Crippen molar-refractivity contribution in [3.8, 4) is 0 Å². The smallest absolute Gasteiger partial charge is 0.273 e. The highest BCUT2D eigenvalue weighted by molar-refractivity contribution is 6.05. The minimum atomic E-state index is -0.510. The lowest BCUT2D eigenvalue weighted by Crippen LogP contribution is -2.49. The van der Waals surface area contributed by atoms with Gasteiger partial charge in [-0.15, -0.1) is 0 Å². The second-order valence-corrected chi connectivity index (χ2v) is 5.68. The molecule has 2 aromatic rings. The molecule has 1 aliphatic rings. The first-order valence-electron chi connectivity index (χ1n) is 7.51. The van der Waals surface area contributed by atoms with Crippen LogP contribution in [-0.4, -0.2) is 39.6 Å². The van der Waals surface area contributed by atoms with Gasteiger partial charge in [0.25, 0.3) is 5.91 Å². The van der Waals surface area contributed by atoms with Crippen LogP contribution in [0.15, 0.2) is 36.5 Å². The van der Waals surface area contributed by atoms with E-state index in [0.717, 1.165) is 30.0 Å². The van der Waals surface area contributed by atoms with Crippen LogP contribution in [-0.2, 0) is 0 Å². The van der Waals surface area contributed by atoms with Gasteiger partial charge in [-0.1, -0.05) is 24.3 Å². The molecule has 1 aliphatic heterocycles. The molecule has 1 saturated heterocycles. The molecule has 1 aromatic heterocycles. The molecule has 0 bridgehead atoms. The summed E-state index contributed by atoms with van der Waals surface area (Å²) in [5.74, 6) is -0.0719. The molecular formula is C17H20N2O2. The maximum absolute atomic E-state index is 12.9. The number of pyridine rings is 1. The van der Waals surface area contributed by atoms with Crippen molar-refractivity contribution in [2.75, 3.05) is 6.54 Å². The number of likely N-dealkylation sites (tertiary alicyclic amines) is 1. The first kappa shape index (κ1) is 14.0. The Morgan fingerprint density at radius 1 is 1.33 bits per heavy atom. The van der Waals surface area contributed by atoms with Gasteiger partial charge >= 0.3 is 0 Å². The molecule has 110 valence electrons. The average Bonchev–Trinajstić information content (AvgIpc) is 2.53. The highest BCUT2D eigenvalue weighted by atomic mass is 16.3. The molecule has 4 heteroatoms. The van der Waals surface area contributed by atoms with E-state index in [1.54, 1.807) is 18.0 Å². The van der Waals surface area contributed by atoms with E-state index in [1.807, 2.05) is 30.3 Å². The number of fused-ring (bicyclic) bond motifs is 1. The number of nitrogens with zero attached hydrogens (tertiary/aromatic N) is 2. The molecular weight excluding hydrogens is 264 g/mol. The van der Waals surface area contributed by atoms with Crippen LogP contribution in [0.25, 0.3) is 10.8 Å². The molecule has 1 aromatic carbocycles. The van der Waals surface area contributed by atoms with Crippen molar-refractivity contribution in [2.24, 2.45) is 0 Å². The first-order valence-corrected chi connectivity index (χ1v) is 7.51. The first-order chi connectivity index (χ1) is 10.2. The van der Waals surface area contributed by atoms with Crippen molar-refractivity contribution in [2.45, 2.75) is 38.3 Å². The van der Waals surface area contributed by atoms with Gasteiger partial charge in [0, 0.05) is 18.1 Å². The Balaban J connectivity index is 1.99. The number of benzene rings is 1. The van der Waals surface area contributed by atoms with E-state index in [-0.39, 0.29) is 11.9 Å². The van der Waals surface area contributed by atoms with Gasteiger partial charge in [0.2, 0.25) is 0 Å². The van der Waals surface area contributed by atoms with Crippen molar-refractivity contribution >= 4 is 16.7 Å². The maximum Gasteiger partial charge on any atom is 0.273 e. The molecule has 21 heavy (non-hydrogen) atoms. The van der Waals surface area contributed by atoms with Gasteiger partial charge in [-0.3, -0.25) is 9.78 Å². The van der Waals surface area contributed by atoms with E-state index in [1.165, 1.54) is 0 Å². The van der Waals surface area contributed by atoms with Crippen LogP contribution in [0, 0.1) is 0 Å². The average molecular weight is 284 g/mol. The monoisotopic (exact) mass is 284 g/mol. The molecule has 4 nitrogen and oxygen atoms in total. The second-order valence-electron chi connectivity index (χ2n) is 5.68. The van der Waals surface area contributed by atoms with Gasteiger partial charge in [-0.2, -0.15) is 0 Å². The fourth-order valence-electron chi connectivity index (χ4n) is 3.14. The lowest BCUT2D eigenvalue weighted by Gasteiger charge is -2.37. The summed E-state index contributed by atoms with van der Waals surface area (Å²) in [5.41, 5.74) is 0.487. The molecule has 0 spiro atoms. The number of hydrogen-bond acceptors (Lipinski definition) is 3. The summed E-state index contributed by atoms with van der Waals surface area (Å²) in [6.45, 7) is 2.45. The van der Waals surface area contributed by atoms with Crippen LogP contribution in [0.4, 0.5) is 0 Å². The number of hydrogen-bond donors (Lipinski definition) is 1. The Morgan fingerprint density at radius 2 is 2.14 bits per heavy atom. The normalized spacial score (nSPS) is 20.5. The molecule has 0 radical (unpaired) electrons. The Labute approximate surface area is 124 Å². The van der Waals surface area contributed by atoms with Crippen molar-refractivity contribution in [3.05, 3.63) is 42.2 Å². The van der Waals surface area contributed by atoms with Crippen LogP contribution in [0.2, 0.25) is 0 Å². The number of carbonyl (C=O) groups excluding carboxylic acids is 1. The van der Waals surface area contributed by atoms with Crippen LogP contribution >= 0.6 is 0 Å². The minimum Gasteiger partial charge on any atom is -0.391 e. The fourth-order valence-corrected chi connectivity index (χ4v) is 3.14. The summed E-state index contributed by atoms with van der Waals surface area (Å²) in [6.07, 6.45) is 4.07. The van der Waals surface area contributed by atoms with E-state index in [9.17, 15) is 9.90 Å². The van der Waals surface area contributed by atoms with Crippen LogP contribution in [0.5, 0.6) is 0 Å². The summed E-state index contributed by atoms with van der Waals surface area (Å²) in [7, 11) is 0. The fraction of sp³-hybridized carbons (Fsp3) is 0.412. The number of aliphatic hydroxyl groups excluding tert-OH is 1. The number of rotatable bonds is 2. The van der Waals surface area contributed by atoms with Gasteiger partial charge in [-0.05, 0) is 37.6 Å². The van der Waals surface area contributed by atoms with Gasteiger partial charge in [0.1, 0.15) is 5.69 Å². The highest BCUT2D eigenvalue weighted by Gasteiger charge is 2.31. The summed E-state index contributed by atoms with van der Waals surface area (Å²) in [6, 6.07) is 9.59. The Hall–Kier alpha value is -1.94. The molecule has 3 rings (SSSR count). The maximum atomic E-state index is 12.9. The van der Waals surface area contributed by atoms with E-state index in [2.05, 4.69) is 4.98 Å². The standard InChI is InChI=1S/C17H20N2O2/c1-12(20)15-8-4-5-11-19(15)17(21)16-14-7-3-2-6-13(14)9-10-18-16/h2-3,6-7,9-10,12,15,20H,4-5,8,11H2,1H3. The van der Waals surface area contributed by atoms with E-state index >= 15 is 0 Å². The van der Waals surface area contributed by atoms with Crippen LogP contribution < -0.4 is 0 Å². The van der Waals surface area contributed by atoms with Crippen LogP contribution in [0.3, 0.4) is 0 Å². The third-order valence-corrected chi connectivity index (χ3v) is 4.24. The number of aliphatic hydroxyl groups is 1. The van der Waals surface area contributed by atoms with Gasteiger partial charge < -0.3 is 10.0 Å². The van der Waals surface area contributed by atoms with E-state index in [4.69, 9.17) is 0 Å². The predicted molar refractivity (Wildman–Crippen MR) is 82.1 cm³/mol. The highest BCUT2D eigenvalue weighted by Crippen LogP contribution is 2.24. The van der Waals surface area contributed by atoms with Crippen molar-refractivity contribution < 1.29 is 9.90 Å². The largest absolute Gasteiger partial charge is 0.391 e. The molecule has 1 N–H and O–H groups in total. The Morgan fingerprint density at radius 3 is 2.95 bits per heavy atom.